The van der Waals surface area contributed by atoms with E-state index in [-0.39, 0.29) is 11.7 Å². The summed E-state index contributed by atoms with van der Waals surface area (Å²) in [5.41, 5.74) is -0.0143. The van der Waals surface area contributed by atoms with Gasteiger partial charge in [0, 0.05) is 39.1 Å². The van der Waals surface area contributed by atoms with Crippen LogP contribution in [0.25, 0.3) is 0 Å². The van der Waals surface area contributed by atoms with Gasteiger partial charge in [0.05, 0.1) is 6.10 Å². The van der Waals surface area contributed by atoms with Crippen LogP contribution in [-0.4, -0.2) is 35.9 Å². The average Bonchev–Trinajstić information content (AvgIpc) is 2.41. The van der Waals surface area contributed by atoms with E-state index in [4.69, 9.17) is 4.74 Å². The number of rotatable bonds is 5. The summed E-state index contributed by atoms with van der Waals surface area (Å²) < 4.78 is 7.47. The van der Waals surface area contributed by atoms with E-state index < -0.39 is 0 Å². The minimum absolute atomic E-state index is 0.0143. The summed E-state index contributed by atoms with van der Waals surface area (Å²) in [6.07, 6.45) is 7.10. The van der Waals surface area contributed by atoms with Gasteiger partial charge < -0.3 is 14.2 Å². The summed E-state index contributed by atoms with van der Waals surface area (Å²) in [6, 6.07) is 0. The molecular formula is C15H25N3O2. The molecule has 0 amide bonds. The molecule has 5 nitrogen and oxygen atoms in total. The van der Waals surface area contributed by atoms with Gasteiger partial charge in [-0.3, -0.25) is 4.79 Å². The molecule has 0 unspecified atom stereocenters. The summed E-state index contributed by atoms with van der Waals surface area (Å²) in [7, 11) is 1.92. The number of aromatic nitrogens is 2. The first-order valence-electron chi connectivity index (χ1n) is 7.46. The Labute approximate surface area is 120 Å². The predicted molar refractivity (Wildman–Crippen MR) is 80.2 cm³/mol. The Kier molecular flexibility index (Phi) is 5.17. The van der Waals surface area contributed by atoms with E-state index in [2.05, 4.69) is 18.8 Å². The number of hydrogen-bond donors (Lipinski definition) is 0. The van der Waals surface area contributed by atoms with Crippen molar-refractivity contribution >= 4 is 5.82 Å². The van der Waals surface area contributed by atoms with Crippen molar-refractivity contribution in [3.63, 3.8) is 0 Å². The van der Waals surface area contributed by atoms with Gasteiger partial charge >= 0.3 is 0 Å². The van der Waals surface area contributed by atoms with Crippen LogP contribution in [-0.2, 0) is 11.3 Å². The number of nitrogens with zero attached hydrogens (tertiary/aromatic N) is 3. The lowest BCUT2D eigenvalue weighted by Gasteiger charge is -2.27. The Bertz CT molecular complexity index is 478. The van der Waals surface area contributed by atoms with Crippen molar-refractivity contribution in [3.05, 3.63) is 22.7 Å². The van der Waals surface area contributed by atoms with E-state index in [1.54, 1.807) is 17.0 Å². The van der Waals surface area contributed by atoms with E-state index in [1.807, 2.05) is 11.9 Å². The highest BCUT2D eigenvalue weighted by atomic mass is 16.5. The molecule has 112 valence electrons. The molecule has 2 heterocycles. The zero-order chi connectivity index (χ0) is 14.5. The standard InChI is InChI=1S/C15H25N3O2/c1-12(2)10-18-8-7-16-14(15(18)19)17(3)11-13-6-4-5-9-20-13/h7-8,12-13H,4-6,9-11H2,1-3H3/t13-/m0/s1. The summed E-state index contributed by atoms with van der Waals surface area (Å²) in [5, 5.41) is 0. The summed E-state index contributed by atoms with van der Waals surface area (Å²) in [4.78, 5) is 18.6. The zero-order valence-corrected chi connectivity index (χ0v) is 12.7. The van der Waals surface area contributed by atoms with Gasteiger partial charge in [-0.05, 0) is 25.2 Å². The third-order valence-electron chi connectivity index (χ3n) is 3.57. The zero-order valence-electron chi connectivity index (χ0n) is 12.7. The van der Waals surface area contributed by atoms with E-state index in [1.165, 1.54) is 6.42 Å². The fraction of sp³-hybridized carbons (Fsp3) is 0.733. The summed E-state index contributed by atoms with van der Waals surface area (Å²) in [5.74, 6) is 0.956. The third-order valence-corrected chi connectivity index (χ3v) is 3.57. The first-order chi connectivity index (χ1) is 9.58. The lowest BCUT2D eigenvalue weighted by molar-refractivity contribution is 0.0215. The molecule has 1 aliphatic rings. The Hall–Kier alpha value is -1.36. The van der Waals surface area contributed by atoms with Gasteiger partial charge in [0.25, 0.3) is 5.56 Å². The van der Waals surface area contributed by atoms with Gasteiger partial charge in [0.15, 0.2) is 5.82 Å². The minimum Gasteiger partial charge on any atom is -0.376 e. The minimum atomic E-state index is -0.0143. The normalized spacial score (nSPS) is 19.3. The highest BCUT2D eigenvalue weighted by Gasteiger charge is 2.18. The Morgan fingerprint density at radius 2 is 2.30 bits per heavy atom. The van der Waals surface area contributed by atoms with Crippen LogP contribution in [0.2, 0.25) is 0 Å². The van der Waals surface area contributed by atoms with Crippen LogP contribution < -0.4 is 10.5 Å². The Morgan fingerprint density at radius 1 is 1.50 bits per heavy atom. The van der Waals surface area contributed by atoms with Crippen molar-refractivity contribution < 1.29 is 4.74 Å². The molecule has 5 heteroatoms. The van der Waals surface area contributed by atoms with Crippen molar-refractivity contribution in [2.75, 3.05) is 25.1 Å². The highest BCUT2D eigenvalue weighted by Crippen LogP contribution is 2.14. The molecule has 0 aromatic carbocycles. The van der Waals surface area contributed by atoms with Gasteiger partial charge in [-0.1, -0.05) is 13.8 Å². The number of anilines is 1. The summed E-state index contributed by atoms with van der Waals surface area (Å²) >= 11 is 0. The predicted octanol–water partition coefficient (Wildman–Crippen LogP) is 1.90. The molecular weight excluding hydrogens is 254 g/mol. The molecule has 1 aromatic rings. The van der Waals surface area contributed by atoms with E-state index >= 15 is 0 Å². The topological polar surface area (TPSA) is 47.4 Å². The highest BCUT2D eigenvalue weighted by molar-refractivity contribution is 5.34. The first-order valence-corrected chi connectivity index (χ1v) is 7.46. The molecule has 2 rings (SSSR count). The molecule has 0 N–H and O–H groups in total. The Balaban J connectivity index is 2.08. The molecule has 0 bridgehead atoms. The van der Waals surface area contributed by atoms with Crippen LogP contribution in [0.5, 0.6) is 0 Å². The van der Waals surface area contributed by atoms with Gasteiger partial charge in [0.2, 0.25) is 0 Å². The first kappa shape index (κ1) is 15.0. The van der Waals surface area contributed by atoms with E-state index in [0.717, 1.165) is 32.5 Å². The second kappa shape index (κ2) is 6.88. The van der Waals surface area contributed by atoms with Crippen LogP contribution in [0.3, 0.4) is 0 Å². The SMILES string of the molecule is CC(C)Cn1ccnc(N(C)C[C@@H]2CCCCO2)c1=O. The van der Waals surface area contributed by atoms with E-state index in [9.17, 15) is 4.79 Å². The monoisotopic (exact) mass is 279 g/mol. The van der Waals surface area contributed by atoms with Gasteiger partial charge in [-0.2, -0.15) is 0 Å². The van der Waals surface area contributed by atoms with Crippen LogP contribution in [0.15, 0.2) is 17.2 Å². The molecule has 0 saturated carbocycles. The number of hydrogen-bond acceptors (Lipinski definition) is 4. The van der Waals surface area contributed by atoms with Gasteiger partial charge in [-0.15, -0.1) is 0 Å². The largest absolute Gasteiger partial charge is 0.376 e. The summed E-state index contributed by atoms with van der Waals surface area (Å²) in [6.45, 7) is 6.49. The maximum absolute atomic E-state index is 12.4. The maximum atomic E-state index is 12.4. The lowest BCUT2D eigenvalue weighted by Crippen LogP contribution is -2.38. The van der Waals surface area contributed by atoms with Crippen LogP contribution in [0.1, 0.15) is 33.1 Å². The fourth-order valence-corrected chi connectivity index (χ4v) is 2.58. The number of likely N-dealkylation sites (N-methyl/N-ethyl adjacent to an activating group) is 1. The molecule has 1 aliphatic heterocycles. The van der Waals surface area contributed by atoms with Crippen LogP contribution >= 0.6 is 0 Å². The molecule has 1 aromatic heterocycles. The van der Waals surface area contributed by atoms with Crippen molar-refractivity contribution in [3.8, 4) is 0 Å². The van der Waals surface area contributed by atoms with Gasteiger partial charge in [0.1, 0.15) is 0 Å². The second-order valence-corrected chi connectivity index (χ2v) is 5.97. The third kappa shape index (κ3) is 3.82. The lowest BCUT2D eigenvalue weighted by atomic mass is 10.1. The number of ether oxygens (including phenoxy) is 1. The molecule has 1 saturated heterocycles. The molecule has 1 atom stereocenters. The van der Waals surface area contributed by atoms with E-state index in [0.29, 0.717) is 11.7 Å². The maximum Gasteiger partial charge on any atom is 0.293 e. The quantitative estimate of drug-likeness (QED) is 0.826. The molecule has 20 heavy (non-hydrogen) atoms. The van der Waals surface area contributed by atoms with Crippen molar-refractivity contribution in [2.45, 2.75) is 45.8 Å². The van der Waals surface area contributed by atoms with Crippen molar-refractivity contribution in [1.29, 1.82) is 0 Å². The molecule has 0 radical (unpaired) electrons. The smallest absolute Gasteiger partial charge is 0.293 e. The fourth-order valence-electron chi connectivity index (χ4n) is 2.58. The molecule has 0 aliphatic carbocycles. The second-order valence-electron chi connectivity index (χ2n) is 5.97. The van der Waals surface area contributed by atoms with Gasteiger partial charge in [-0.25, -0.2) is 4.98 Å². The molecule has 1 fully saturated rings. The van der Waals surface area contributed by atoms with Crippen LogP contribution in [0.4, 0.5) is 5.82 Å². The van der Waals surface area contributed by atoms with Crippen molar-refractivity contribution in [2.24, 2.45) is 5.92 Å². The molecule has 0 spiro atoms. The average molecular weight is 279 g/mol. The van der Waals surface area contributed by atoms with Crippen LogP contribution in [0, 0.1) is 5.92 Å². The van der Waals surface area contributed by atoms with Crippen molar-refractivity contribution in [1.82, 2.24) is 9.55 Å². The Morgan fingerprint density at radius 3 is 2.95 bits per heavy atom.